The summed E-state index contributed by atoms with van der Waals surface area (Å²) >= 11 is 0. The van der Waals surface area contributed by atoms with E-state index in [0.29, 0.717) is 5.56 Å². The van der Waals surface area contributed by atoms with Gasteiger partial charge in [0.05, 0.1) is 5.25 Å². The van der Waals surface area contributed by atoms with Gasteiger partial charge >= 0.3 is 5.97 Å². The highest BCUT2D eigenvalue weighted by atomic mass is 32.2. The van der Waals surface area contributed by atoms with Crippen molar-refractivity contribution in [3.63, 3.8) is 0 Å². The van der Waals surface area contributed by atoms with E-state index >= 15 is 0 Å². The molecule has 0 bridgehead atoms. The summed E-state index contributed by atoms with van der Waals surface area (Å²) < 4.78 is 23.6. The monoisotopic (exact) mass is 349 g/mol. The smallest absolute Gasteiger partial charge is 0.330 e. The summed E-state index contributed by atoms with van der Waals surface area (Å²) in [5.41, 5.74) is 0.386. The fourth-order valence-electron chi connectivity index (χ4n) is 2.23. The van der Waals surface area contributed by atoms with Crippen LogP contribution in [0.3, 0.4) is 0 Å². The van der Waals surface area contributed by atoms with Gasteiger partial charge in [-0.2, -0.15) is 0 Å². The molecule has 0 radical (unpaired) electrons. The van der Waals surface area contributed by atoms with Crippen molar-refractivity contribution < 1.29 is 23.1 Å². The Bertz CT molecular complexity index is 873. The van der Waals surface area contributed by atoms with Crippen LogP contribution < -0.4 is 5.32 Å². The van der Waals surface area contributed by atoms with Crippen molar-refractivity contribution in [2.75, 3.05) is 5.75 Å². The van der Waals surface area contributed by atoms with Crippen LogP contribution in [0.15, 0.2) is 42.5 Å². The van der Waals surface area contributed by atoms with Gasteiger partial charge in [0.25, 0.3) is 0 Å². The molecular weight excluding hydrogens is 330 g/mol. The molecule has 0 heterocycles. The number of hydrogen-bond donors (Lipinski definition) is 2. The van der Waals surface area contributed by atoms with E-state index in [4.69, 9.17) is 0 Å². The number of carboxylic acids is 1. The third-order valence-corrected chi connectivity index (χ3v) is 5.81. The van der Waals surface area contributed by atoms with Crippen molar-refractivity contribution in [2.45, 2.75) is 25.1 Å². The molecule has 2 aromatic rings. The molecule has 0 saturated carbocycles. The number of fused-ring (bicyclic) bond motifs is 1. The molecular formula is C17H19NO5S. The number of aliphatic carboxylic acids is 1. The van der Waals surface area contributed by atoms with Crippen LogP contribution >= 0.6 is 0 Å². The van der Waals surface area contributed by atoms with Crippen LogP contribution in [0.1, 0.15) is 25.5 Å². The summed E-state index contributed by atoms with van der Waals surface area (Å²) in [4.78, 5) is 23.5. The van der Waals surface area contributed by atoms with Gasteiger partial charge in [-0.1, -0.05) is 36.4 Å². The van der Waals surface area contributed by atoms with Crippen LogP contribution in [0.25, 0.3) is 10.8 Å². The lowest BCUT2D eigenvalue weighted by molar-refractivity contribution is -0.141. The minimum Gasteiger partial charge on any atom is -0.479 e. The predicted molar refractivity (Wildman–Crippen MR) is 91.4 cm³/mol. The second kappa shape index (κ2) is 7.00. The Morgan fingerprint density at radius 3 is 2.29 bits per heavy atom. The van der Waals surface area contributed by atoms with E-state index in [1.165, 1.54) is 13.8 Å². The lowest BCUT2D eigenvalue weighted by Gasteiger charge is -2.16. The lowest BCUT2D eigenvalue weighted by atomic mass is 10.0. The molecule has 7 heteroatoms. The highest BCUT2D eigenvalue weighted by Crippen LogP contribution is 2.21. The Hall–Kier alpha value is -2.41. The van der Waals surface area contributed by atoms with Gasteiger partial charge in [-0.15, -0.1) is 0 Å². The van der Waals surface area contributed by atoms with E-state index in [-0.39, 0.29) is 0 Å². The second-order valence-corrected chi connectivity index (χ2v) is 8.36. The molecule has 24 heavy (non-hydrogen) atoms. The first-order valence-electron chi connectivity index (χ1n) is 7.43. The minimum atomic E-state index is -3.59. The SMILES string of the molecule is CC(C)S(=O)(=O)CC(=O)NC(C(=O)O)c1ccc2ccccc2c1. The van der Waals surface area contributed by atoms with E-state index in [2.05, 4.69) is 5.32 Å². The van der Waals surface area contributed by atoms with Crippen molar-refractivity contribution in [1.82, 2.24) is 5.32 Å². The third kappa shape index (κ3) is 4.11. The van der Waals surface area contributed by atoms with Crippen molar-refractivity contribution in [3.05, 3.63) is 48.0 Å². The Labute approximate surface area is 140 Å². The third-order valence-electron chi connectivity index (χ3n) is 3.71. The summed E-state index contributed by atoms with van der Waals surface area (Å²) in [6, 6.07) is 11.2. The Morgan fingerprint density at radius 1 is 1.08 bits per heavy atom. The average Bonchev–Trinajstić information content (AvgIpc) is 2.51. The van der Waals surface area contributed by atoms with Gasteiger partial charge in [-0.25, -0.2) is 13.2 Å². The predicted octanol–water partition coefficient (Wildman–Crippen LogP) is 1.90. The molecule has 128 valence electrons. The Morgan fingerprint density at radius 2 is 1.71 bits per heavy atom. The molecule has 0 fully saturated rings. The molecule has 1 atom stereocenters. The van der Waals surface area contributed by atoms with Crippen LogP contribution in [-0.4, -0.2) is 36.4 Å². The molecule has 0 aliphatic carbocycles. The van der Waals surface area contributed by atoms with Crippen LogP contribution in [0, 0.1) is 0 Å². The van der Waals surface area contributed by atoms with E-state index in [1.807, 2.05) is 24.3 Å². The summed E-state index contributed by atoms with van der Waals surface area (Å²) in [6.45, 7) is 2.95. The lowest BCUT2D eigenvalue weighted by Crippen LogP contribution is -2.38. The average molecular weight is 349 g/mol. The first-order valence-corrected chi connectivity index (χ1v) is 9.14. The quantitative estimate of drug-likeness (QED) is 0.829. The summed E-state index contributed by atoms with van der Waals surface area (Å²) in [6.07, 6.45) is 0. The maximum atomic E-state index is 12.0. The number of rotatable bonds is 6. The molecule has 2 rings (SSSR count). The first kappa shape index (κ1) is 17.9. The number of amides is 1. The highest BCUT2D eigenvalue weighted by Gasteiger charge is 2.26. The molecule has 2 N–H and O–H groups in total. The molecule has 1 amide bonds. The first-order chi connectivity index (χ1) is 11.2. The summed E-state index contributed by atoms with van der Waals surface area (Å²) in [7, 11) is -3.59. The van der Waals surface area contributed by atoms with Gasteiger partial charge in [0.2, 0.25) is 5.91 Å². The molecule has 6 nitrogen and oxygen atoms in total. The molecule has 0 aromatic heterocycles. The zero-order chi connectivity index (χ0) is 17.9. The largest absolute Gasteiger partial charge is 0.479 e. The van der Waals surface area contributed by atoms with E-state index in [9.17, 15) is 23.1 Å². The number of carbonyl (C=O) groups is 2. The molecule has 0 aliphatic heterocycles. The van der Waals surface area contributed by atoms with E-state index in [0.717, 1.165) is 10.8 Å². The van der Waals surface area contributed by atoms with Gasteiger partial charge in [0.1, 0.15) is 5.75 Å². The van der Waals surface area contributed by atoms with E-state index in [1.54, 1.807) is 18.2 Å². The van der Waals surface area contributed by atoms with Crippen LogP contribution in [0.2, 0.25) is 0 Å². The Balaban J connectivity index is 2.25. The van der Waals surface area contributed by atoms with Crippen LogP contribution in [-0.2, 0) is 19.4 Å². The number of sulfone groups is 1. The van der Waals surface area contributed by atoms with Gasteiger partial charge in [0, 0.05) is 0 Å². The molecule has 0 saturated heterocycles. The number of carbonyl (C=O) groups excluding carboxylic acids is 1. The zero-order valence-electron chi connectivity index (χ0n) is 13.4. The van der Waals surface area contributed by atoms with Gasteiger partial charge in [0.15, 0.2) is 15.9 Å². The fraction of sp³-hybridized carbons (Fsp3) is 0.294. The van der Waals surface area contributed by atoms with Crippen molar-refractivity contribution in [3.8, 4) is 0 Å². The molecule has 0 spiro atoms. The van der Waals surface area contributed by atoms with Gasteiger partial charge in [-0.05, 0) is 36.2 Å². The second-order valence-electron chi connectivity index (χ2n) is 5.80. The maximum absolute atomic E-state index is 12.0. The fourth-order valence-corrected chi connectivity index (χ4v) is 3.01. The molecule has 1 unspecified atom stereocenters. The summed E-state index contributed by atoms with van der Waals surface area (Å²) in [5.74, 6) is -2.81. The Kier molecular flexibility index (Phi) is 5.23. The van der Waals surface area contributed by atoms with E-state index < -0.39 is 38.8 Å². The van der Waals surface area contributed by atoms with Crippen molar-refractivity contribution >= 4 is 32.5 Å². The number of carboxylic acid groups (broad SMARTS) is 1. The van der Waals surface area contributed by atoms with Crippen molar-refractivity contribution in [1.29, 1.82) is 0 Å². The number of benzene rings is 2. The van der Waals surface area contributed by atoms with Gasteiger partial charge < -0.3 is 10.4 Å². The maximum Gasteiger partial charge on any atom is 0.330 e. The molecule has 0 aliphatic rings. The van der Waals surface area contributed by atoms with Gasteiger partial charge in [-0.3, -0.25) is 4.79 Å². The topological polar surface area (TPSA) is 101 Å². The number of nitrogens with one attached hydrogen (secondary N) is 1. The van der Waals surface area contributed by atoms with Crippen molar-refractivity contribution in [2.24, 2.45) is 0 Å². The van der Waals surface area contributed by atoms with Crippen LogP contribution in [0.4, 0.5) is 0 Å². The number of hydrogen-bond acceptors (Lipinski definition) is 4. The normalized spacial score (nSPS) is 13.0. The highest BCUT2D eigenvalue weighted by molar-refractivity contribution is 7.92. The zero-order valence-corrected chi connectivity index (χ0v) is 14.2. The minimum absolute atomic E-state index is 0.386. The summed E-state index contributed by atoms with van der Waals surface area (Å²) in [5, 5.41) is 12.8. The van der Waals surface area contributed by atoms with Crippen LogP contribution in [0.5, 0.6) is 0 Å². The standard InChI is InChI=1S/C17H19NO5S/c1-11(2)24(22,23)10-15(19)18-16(17(20)21)14-8-7-12-5-3-4-6-13(12)9-14/h3-9,11,16H,10H2,1-2H3,(H,18,19)(H,20,21). The molecule has 2 aromatic carbocycles.